The molecule has 2 aromatic heterocycles. The molecule has 0 aromatic carbocycles. The van der Waals surface area contributed by atoms with Gasteiger partial charge in [-0.25, -0.2) is 14.8 Å². The van der Waals surface area contributed by atoms with E-state index < -0.39 is 47.8 Å². The van der Waals surface area contributed by atoms with Gasteiger partial charge in [-0.15, -0.1) is 0 Å². The Kier molecular flexibility index (Phi) is 10.7. The molecule has 1 saturated heterocycles. The van der Waals surface area contributed by atoms with Gasteiger partial charge in [-0.2, -0.15) is 0 Å². The Morgan fingerprint density at radius 3 is 2.24 bits per heavy atom. The summed E-state index contributed by atoms with van der Waals surface area (Å²) in [5.41, 5.74) is 5.78. The van der Waals surface area contributed by atoms with Crippen molar-refractivity contribution in [3.63, 3.8) is 0 Å². The Morgan fingerprint density at radius 1 is 0.905 bits per heavy atom. The number of hydrogen-bond donors (Lipinski definition) is 5. The minimum absolute atomic E-state index is 0.0490. The second-order valence-electron chi connectivity index (χ2n) is 10.3. The van der Waals surface area contributed by atoms with Crippen molar-refractivity contribution in [1.82, 2.24) is 46.1 Å². The highest BCUT2D eigenvalue weighted by Gasteiger charge is 2.44. The minimum Gasteiger partial charge on any atom is -0.368 e. The van der Waals surface area contributed by atoms with Crippen LogP contribution in [0, 0.1) is 0 Å². The maximum Gasteiger partial charge on any atom is 0.315 e. The first-order valence-electron chi connectivity index (χ1n) is 14.1. The summed E-state index contributed by atoms with van der Waals surface area (Å²) in [6, 6.07) is -3.26. The normalized spacial score (nSPS) is 19.4. The monoisotopic (exact) mass is 580 g/mol. The lowest BCUT2D eigenvalue weighted by Gasteiger charge is -2.30. The minimum atomic E-state index is -1.12. The number of amides is 6. The molecule has 2 fully saturated rings. The van der Waals surface area contributed by atoms with Crippen LogP contribution in [0.5, 0.6) is 0 Å². The third kappa shape index (κ3) is 8.17. The highest BCUT2D eigenvalue weighted by atomic mass is 16.2. The summed E-state index contributed by atoms with van der Waals surface area (Å²) in [5.74, 6) is -2.36. The first-order chi connectivity index (χ1) is 20.3. The molecule has 4 rings (SSSR count). The smallest absolute Gasteiger partial charge is 0.315 e. The molecule has 6 amide bonds. The fraction of sp³-hybridized carbons (Fsp3) is 0.519. The van der Waals surface area contributed by atoms with Crippen LogP contribution < -0.4 is 27.0 Å². The highest BCUT2D eigenvalue weighted by Crippen LogP contribution is 2.22. The molecule has 0 spiro atoms. The van der Waals surface area contributed by atoms with Gasteiger partial charge in [0.1, 0.15) is 23.5 Å². The average Bonchev–Trinajstić information content (AvgIpc) is 3.42. The van der Waals surface area contributed by atoms with E-state index in [1.54, 1.807) is 0 Å². The molecule has 0 radical (unpaired) electrons. The van der Waals surface area contributed by atoms with Crippen LogP contribution in [-0.4, -0.2) is 91.8 Å². The van der Waals surface area contributed by atoms with Crippen LogP contribution in [0.1, 0.15) is 72.3 Å². The predicted octanol–water partition coefficient (Wildman–Crippen LogP) is -0.338. The van der Waals surface area contributed by atoms with Gasteiger partial charge in [0.05, 0.1) is 18.4 Å². The van der Waals surface area contributed by atoms with E-state index in [2.05, 4.69) is 41.2 Å². The van der Waals surface area contributed by atoms with Gasteiger partial charge in [-0.3, -0.25) is 29.1 Å². The molecule has 3 heterocycles. The fourth-order valence-corrected chi connectivity index (χ4v) is 5.25. The van der Waals surface area contributed by atoms with Crippen LogP contribution in [0.3, 0.4) is 0 Å². The van der Waals surface area contributed by atoms with Gasteiger partial charge in [-0.05, 0) is 32.1 Å². The average molecular weight is 581 g/mol. The van der Waals surface area contributed by atoms with Crippen molar-refractivity contribution in [3.8, 4) is 0 Å². The number of nitrogens with two attached hydrogens (primary N) is 1. The summed E-state index contributed by atoms with van der Waals surface area (Å²) in [5, 5.41) is 11.2. The van der Waals surface area contributed by atoms with Gasteiger partial charge < -0.3 is 31.9 Å². The number of carbonyl (C=O) groups excluding carboxylic acids is 5. The third-order valence-electron chi connectivity index (χ3n) is 7.38. The maximum absolute atomic E-state index is 13.6. The number of rotatable bonds is 11. The number of urea groups is 1. The van der Waals surface area contributed by atoms with Gasteiger partial charge in [-0.1, -0.05) is 19.3 Å². The van der Waals surface area contributed by atoms with Gasteiger partial charge in [0.25, 0.3) is 11.8 Å². The lowest BCUT2D eigenvalue weighted by atomic mass is 9.96. The van der Waals surface area contributed by atoms with E-state index in [0.29, 0.717) is 12.8 Å². The van der Waals surface area contributed by atoms with Crippen LogP contribution >= 0.6 is 0 Å². The summed E-state index contributed by atoms with van der Waals surface area (Å²) in [7, 11) is 0. The molecule has 2 aliphatic rings. The number of aromatic nitrogens is 4. The van der Waals surface area contributed by atoms with Gasteiger partial charge >= 0.3 is 6.03 Å². The third-order valence-corrected chi connectivity index (χ3v) is 7.38. The van der Waals surface area contributed by atoms with Gasteiger partial charge in [0.15, 0.2) is 0 Å². The molecule has 42 heavy (non-hydrogen) atoms. The number of carbonyl (C=O) groups is 5. The SMILES string of the molecule is NC(=O)[C@H](CCCNC(=O)c1cnccn1)NC(=O)[C@@H]1[C@@H](NC(=O)NC2CCCCC2)CCN1C(=O)c1cnccn1. The van der Waals surface area contributed by atoms with Crippen LogP contribution in [0.2, 0.25) is 0 Å². The largest absolute Gasteiger partial charge is 0.368 e. The van der Waals surface area contributed by atoms with Gasteiger partial charge in [0, 0.05) is 43.9 Å². The Labute approximate surface area is 242 Å². The molecule has 2 aromatic rings. The molecule has 15 heteroatoms. The van der Waals surface area contributed by atoms with Crippen molar-refractivity contribution < 1.29 is 24.0 Å². The number of primary amides is 1. The van der Waals surface area contributed by atoms with E-state index in [0.717, 1.165) is 32.1 Å². The Hall–Kier alpha value is -4.69. The number of nitrogens with one attached hydrogen (secondary N) is 4. The molecule has 1 aliphatic heterocycles. The van der Waals surface area contributed by atoms with Crippen LogP contribution in [0.4, 0.5) is 4.79 Å². The molecule has 0 bridgehead atoms. The van der Waals surface area contributed by atoms with Crippen molar-refractivity contribution in [3.05, 3.63) is 48.6 Å². The van der Waals surface area contributed by atoms with E-state index >= 15 is 0 Å². The van der Waals surface area contributed by atoms with Crippen molar-refractivity contribution in [2.45, 2.75) is 75.5 Å². The number of hydrogen-bond acceptors (Lipinski definition) is 9. The zero-order valence-corrected chi connectivity index (χ0v) is 23.2. The van der Waals surface area contributed by atoms with Crippen LogP contribution in [-0.2, 0) is 9.59 Å². The molecule has 3 atom stereocenters. The zero-order valence-electron chi connectivity index (χ0n) is 23.2. The summed E-state index contributed by atoms with van der Waals surface area (Å²) in [6.45, 7) is 0.374. The second-order valence-corrected chi connectivity index (χ2v) is 10.3. The van der Waals surface area contributed by atoms with E-state index in [-0.39, 0.29) is 36.9 Å². The lowest BCUT2D eigenvalue weighted by molar-refractivity contribution is -0.130. The Balaban J connectivity index is 1.40. The van der Waals surface area contributed by atoms with Crippen molar-refractivity contribution in [2.75, 3.05) is 13.1 Å². The first kappa shape index (κ1) is 30.3. The molecule has 15 nitrogen and oxygen atoms in total. The van der Waals surface area contributed by atoms with Crippen molar-refractivity contribution in [1.29, 1.82) is 0 Å². The molecule has 0 unspecified atom stereocenters. The van der Waals surface area contributed by atoms with E-state index in [4.69, 9.17) is 5.73 Å². The van der Waals surface area contributed by atoms with E-state index in [9.17, 15) is 24.0 Å². The Bertz CT molecular complexity index is 1240. The van der Waals surface area contributed by atoms with E-state index in [1.807, 2.05) is 0 Å². The molecular formula is C27H36N10O5. The standard InChI is InChI=1S/C27H36N10O5/c28-23(38)19(7-4-9-33-24(39)20-15-29-10-12-31-20)35-25(40)22-18(36-27(42)34-17-5-2-1-3-6-17)8-14-37(22)26(41)21-16-30-11-13-32-21/h10-13,15-19,22H,1-9,14H2,(H2,28,38)(H,33,39)(H,35,40)(H2,34,36,42)/t18-,19-,22-/m0/s1. The summed E-state index contributed by atoms with van der Waals surface area (Å²) < 4.78 is 0. The summed E-state index contributed by atoms with van der Waals surface area (Å²) in [6.07, 6.45) is 14.0. The first-order valence-corrected chi connectivity index (χ1v) is 14.1. The molecule has 1 saturated carbocycles. The van der Waals surface area contributed by atoms with Crippen molar-refractivity contribution in [2.24, 2.45) is 5.73 Å². The summed E-state index contributed by atoms with van der Waals surface area (Å²) in [4.78, 5) is 81.3. The maximum atomic E-state index is 13.6. The Morgan fingerprint density at radius 2 is 1.60 bits per heavy atom. The van der Waals surface area contributed by atoms with E-state index in [1.165, 1.54) is 42.1 Å². The molecule has 224 valence electrons. The topological polar surface area (TPSA) is 214 Å². The lowest BCUT2D eigenvalue weighted by Crippen LogP contribution is -2.59. The van der Waals surface area contributed by atoms with Crippen LogP contribution in [0.15, 0.2) is 37.2 Å². The highest BCUT2D eigenvalue weighted by molar-refractivity contribution is 5.98. The second kappa shape index (κ2) is 14.8. The number of nitrogens with zero attached hydrogens (tertiary/aromatic N) is 5. The predicted molar refractivity (Wildman–Crippen MR) is 149 cm³/mol. The summed E-state index contributed by atoms with van der Waals surface area (Å²) >= 11 is 0. The van der Waals surface area contributed by atoms with Crippen molar-refractivity contribution >= 4 is 29.7 Å². The quantitative estimate of drug-likeness (QED) is 0.220. The molecule has 6 N–H and O–H groups in total. The fourth-order valence-electron chi connectivity index (χ4n) is 5.25. The van der Waals surface area contributed by atoms with Crippen LogP contribution in [0.25, 0.3) is 0 Å². The van der Waals surface area contributed by atoms with Gasteiger partial charge in [0.2, 0.25) is 11.8 Å². The number of likely N-dealkylation sites (tertiary alicyclic amines) is 1. The zero-order chi connectivity index (χ0) is 29.9. The molecular weight excluding hydrogens is 544 g/mol. The molecule has 1 aliphatic carbocycles.